The Balaban J connectivity index is 3.36. The van der Waals surface area contributed by atoms with Crippen LogP contribution in [0, 0.1) is 13.8 Å². The molecule has 0 bridgehead atoms. The Labute approximate surface area is 127 Å². The summed E-state index contributed by atoms with van der Waals surface area (Å²) in [6, 6.07) is 3.51. The van der Waals surface area contributed by atoms with Gasteiger partial charge in [0.1, 0.15) is 0 Å². The minimum Gasteiger partial charge on any atom is -0.497 e. The summed E-state index contributed by atoms with van der Waals surface area (Å²) >= 11 is 2.15. The lowest BCUT2D eigenvalue weighted by molar-refractivity contribution is -0.256. The minimum atomic E-state index is -1.38. The zero-order chi connectivity index (χ0) is 15.5. The number of carbonyl (C=O) groups excluding carboxylic acids is 2. The van der Waals surface area contributed by atoms with Crippen molar-refractivity contribution >= 4 is 40.8 Å². The molecule has 0 aliphatic rings. The minimum absolute atomic E-state index is 0.466. The molecule has 0 fully saturated rings. The van der Waals surface area contributed by atoms with Crippen LogP contribution in [-0.2, 0) is 4.74 Å². The van der Waals surface area contributed by atoms with Crippen LogP contribution < -0.4 is 8.99 Å². The first-order valence-electron chi connectivity index (χ1n) is 5.77. The van der Waals surface area contributed by atoms with Crippen molar-refractivity contribution < 1.29 is 19.4 Å². The van der Waals surface area contributed by atoms with E-state index in [9.17, 15) is 14.7 Å². The molecule has 0 radical (unpaired) electrons. The summed E-state index contributed by atoms with van der Waals surface area (Å²) in [5.74, 6) is 0. The Kier molecular flexibility index (Phi) is 5.50. The van der Waals surface area contributed by atoms with Gasteiger partial charge in [-0.05, 0) is 31.2 Å². The number of methoxy groups -OCH3 is 1. The summed E-state index contributed by atoms with van der Waals surface area (Å²) < 4.78 is 3.82. The number of carbonyl (C=O) groups is 2. The van der Waals surface area contributed by atoms with E-state index in [0.29, 0.717) is 17.6 Å². The van der Waals surface area contributed by atoms with Crippen LogP contribution in [0.4, 0.5) is 15.3 Å². The maximum absolute atomic E-state index is 11.5. The Morgan fingerprint density at radius 3 is 2.10 bits per heavy atom. The van der Waals surface area contributed by atoms with E-state index in [1.807, 2.05) is 20.1 Å². The van der Waals surface area contributed by atoms with E-state index in [0.717, 1.165) is 16.0 Å². The van der Waals surface area contributed by atoms with E-state index in [1.54, 1.807) is 23.9 Å². The highest BCUT2D eigenvalue weighted by molar-refractivity contribution is 8.13. The summed E-state index contributed by atoms with van der Waals surface area (Å²) in [6.07, 6.45) is 0.585. The molecule has 1 unspecified atom stereocenters. The van der Waals surface area contributed by atoms with Crippen LogP contribution >= 0.6 is 23.7 Å². The van der Waals surface area contributed by atoms with Gasteiger partial charge in [0, 0.05) is 17.0 Å². The van der Waals surface area contributed by atoms with Gasteiger partial charge >= 0.3 is 5.30 Å². The van der Waals surface area contributed by atoms with Gasteiger partial charge in [-0.2, -0.15) is 3.89 Å². The molecule has 1 atom stereocenters. The average Bonchev–Trinajstić information content (AvgIpc) is 2.37. The van der Waals surface area contributed by atoms with Crippen molar-refractivity contribution in [2.75, 3.05) is 20.4 Å². The largest absolute Gasteiger partial charge is 0.497 e. The van der Waals surface area contributed by atoms with Gasteiger partial charge in [-0.25, -0.2) is 4.79 Å². The zero-order valence-corrected chi connectivity index (χ0v) is 13.7. The number of quaternary nitrogens is 1. The summed E-state index contributed by atoms with van der Waals surface area (Å²) in [5, 5.41) is 10.8. The van der Waals surface area contributed by atoms with Crippen molar-refractivity contribution in [2.45, 2.75) is 18.7 Å². The average molecular weight is 315 g/mol. The topological polar surface area (TPSA) is 66.4 Å². The SMILES string of the molecule is COC(=O)S[N+](C)(C(=O)[O-])c1cc(C)c(SC)c(C)c1. The smallest absolute Gasteiger partial charge is 0.425 e. The lowest BCUT2D eigenvalue weighted by atomic mass is 10.1. The number of nitrogens with zero attached hydrogens (tertiary/aromatic N) is 1. The van der Waals surface area contributed by atoms with Crippen molar-refractivity contribution in [1.82, 2.24) is 3.89 Å². The van der Waals surface area contributed by atoms with Gasteiger partial charge in [-0.15, -0.1) is 11.8 Å². The van der Waals surface area contributed by atoms with Crippen LogP contribution in [0.1, 0.15) is 11.1 Å². The van der Waals surface area contributed by atoms with E-state index in [2.05, 4.69) is 4.74 Å². The van der Waals surface area contributed by atoms with Crippen LogP contribution in [0.5, 0.6) is 0 Å². The molecule has 5 nitrogen and oxygen atoms in total. The number of ether oxygens (including phenoxy) is 1. The van der Waals surface area contributed by atoms with E-state index in [4.69, 9.17) is 0 Å². The highest BCUT2D eigenvalue weighted by Crippen LogP contribution is 2.36. The first-order valence-corrected chi connectivity index (χ1v) is 7.77. The fourth-order valence-electron chi connectivity index (χ4n) is 1.88. The number of hydrogen-bond donors (Lipinski definition) is 0. The second-order valence-corrected chi connectivity index (χ2v) is 6.41. The predicted molar refractivity (Wildman–Crippen MR) is 80.8 cm³/mol. The van der Waals surface area contributed by atoms with Crippen molar-refractivity contribution in [3.63, 3.8) is 0 Å². The number of aryl methyl sites for hydroxylation is 2. The molecule has 0 saturated carbocycles. The van der Waals surface area contributed by atoms with Crippen molar-refractivity contribution in [2.24, 2.45) is 0 Å². The predicted octanol–water partition coefficient (Wildman–Crippen LogP) is 2.72. The quantitative estimate of drug-likeness (QED) is 0.362. The van der Waals surface area contributed by atoms with E-state index >= 15 is 0 Å². The molecule has 0 N–H and O–H groups in total. The molecule has 1 amide bonds. The van der Waals surface area contributed by atoms with E-state index < -0.39 is 15.3 Å². The van der Waals surface area contributed by atoms with Crippen molar-refractivity contribution in [3.05, 3.63) is 23.3 Å². The number of thioether (sulfide) groups is 1. The highest BCUT2D eigenvalue weighted by atomic mass is 32.2. The van der Waals surface area contributed by atoms with Crippen LogP contribution in [0.3, 0.4) is 0 Å². The van der Waals surface area contributed by atoms with Gasteiger partial charge in [0.15, 0.2) is 5.69 Å². The van der Waals surface area contributed by atoms with Gasteiger partial charge in [0.25, 0.3) is 6.09 Å². The molecule has 1 aromatic rings. The summed E-state index contributed by atoms with van der Waals surface area (Å²) in [6.45, 7) is 3.82. The number of hydrogen-bond acceptors (Lipinski definition) is 6. The van der Waals surface area contributed by atoms with Crippen LogP contribution in [0.25, 0.3) is 0 Å². The van der Waals surface area contributed by atoms with Gasteiger partial charge in [0.2, 0.25) is 11.9 Å². The first-order chi connectivity index (χ1) is 9.26. The molecule has 0 spiro atoms. The molecule has 1 aromatic carbocycles. The molecule has 0 heterocycles. The third-order valence-electron chi connectivity index (χ3n) is 2.91. The second-order valence-electron chi connectivity index (χ2n) is 4.35. The lowest BCUT2D eigenvalue weighted by Crippen LogP contribution is -2.52. The Hall–Kier alpha value is -1.18. The van der Waals surface area contributed by atoms with Gasteiger partial charge in [-0.3, -0.25) is 0 Å². The van der Waals surface area contributed by atoms with Crippen molar-refractivity contribution in [1.29, 1.82) is 0 Å². The van der Waals surface area contributed by atoms with Crippen LogP contribution in [0.2, 0.25) is 0 Å². The van der Waals surface area contributed by atoms with Gasteiger partial charge in [0.05, 0.1) is 14.2 Å². The molecule has 0 aromatic heterocycles. The third-order valence-corrected chi connectivity index (χ3v) is 5.01. The number of benzene rings is 1. The molecule has 1 rings (SSSR count). The molecular formula is C13H17NO4S2. The lowest BCUT2D eigenvalue weighted by Gasteiger charge is -2.29. The Morgan fingerprint density at radius 2 is 1.75 bits per heavy atom. The molecular weight excluding hydrogens is 298 g/mol. The molecule has 7 heteroatoms. The number of rotatable bonds is 2. The molecule has 20 heavy (non-hydrogen) atoms. The fraction of sp³-hybridized carbons (Fsp3) is 0.385. The second kappa shape index (κ2) is 6.51. The van der Waals surface area contributed by atoms with Gasteiger partial charge < -0.3 is 14.6 Å². The third kappa shape index (κ3) is 3.28. The first kappa shape index (κ1) is 16.9. The maximum atomic E-state index is 11.5. The summed E-state index contributed by atoms with van der Waals surface area (Å²) in [5.41, 5.74) is 2.39. The standard InChI is InChI=1S/C13H17NO4S2/c1-8-6-10(7-9(2)11(8)19-5)14(3,12(15)16)20-13(17)18-4/h6-7H,1-5H3. The Bertz CT molecular complexity index is 524. The summed E-state index contributed by atoms with van der Waals surface area (Å²) in [7, 11) is 2.60. The Morgan fingerprint density at radius 1 is 1.25 bits per heavy atom. The van der Waals surface area contributed by atoms with Gasteiger partial charge in [-0.1, -0.05) is 0 Å². The maximum Gasteiger partial charge on any atom is 0.425 e. The van der Waals surface area contributed by atoms with Crippen LogP contribution in [0.15, 0.2) is 17.0 Å². The molecule has 0 aliphatic heterocycles. The van der Waals surface area contributed by atoms with Crippen LogP contribution in [-0.4, -0.2) is 31.8 Å². The molecule has 0 saturated heterocycles. The highest BCUT2D eigenvalue weighted by Gasteiger charge is 2.35. The number of carboxylic acid groups (broad SMARTS) is 1. The zero-order valence-electron chi connectivity index (χ0n) is 12.1. The van der Waals surface area contributed by atoms with E-state index in [1.165, 1.54) is 14.2 Å². The molecule has 110 valence electrons. The normalized spacial score (nSPS) is 13.7. The number of amides is 1. The van der Waals surface area contributed by atoms with Crippen molar-refractivity contribution in [3.8, 4) is 0 Å². The monoisotopic (exact) mass is 315 g/mol. The molecule has 0 aliphatic carbocycles. The summed E-state index contributed by atoms with van der Waals surface area (Å²) in [4.78, 5) is 24.0. The van der Waals surface area contributed by atoms with E-state index in [-0.39, 0.29) is 0 Å². The fourth-order valence-corrected chi connectivity index (χ4v) is 3.30.